The Morgan fingerprint density at radius 2 is 1.81 bits per heavy atom. The molecule has 0 unspecified atom stereocenters. The van der Waals surface area contributed by atoms with E-state index in [-0.39, 0.29) is 12.5 Å². The summed E-state index contributed by atoms with van der Waals surface area (Å²) in [6.07, 6.45) is 0. The topological polar surface area (TPSA) is 65.5 Å². The number of likely N-dealkylation sites (N-methyl/N-ethyl adjacent to an activating group) is 1. The van der Waals surface area contributed by atoms with Crippen LogP contribution in [0.3, 0.4) is 0 Å². The number of carbonyl (C=O) groups is 1. The Hall–Kier alpha value is -2.04. The van der Waals surface area contributed by atoms with Gasteiger partial charge in [-0.2, -0.15) is 0 Å². The van der Waals surface area contributed by atoms with Crippen molar-refractivity contribution in [2.45, 2.75) is 34.2 Å². The maximum Gasteiger partial charge on any atom is 0.239 e. The van der Waals surface area contributed by atoms with Gasteiger partial charge in [0.05, 0.1) is 13.1 Å². The number of amides is 1. The summed E-state index contributed by atoms with van der Waals surface area (Å²) in [5.41, 5.74) is 3.68. The van der Waals surface area contributed by atoms with Crippen molar-refractivity contribution in [3.8, 4) is 0 Å². The van der Waals surface area contributed by atoms with Crippen LogP contribution in [0.25, 0.3) is 0 Å². The van der Waals surface area contributed by atoms with E-state index in [0.29, 0.717) is 19.0 Å². The summed E-state index contributed by atoms with van der Waals surface area (Å²) in [5.74, 6) is 0.623. The van der Waals surface area contributed by atoms with E-state index in [1.54, 1.807) is 0 Å². The molecule has 0 fully saturated rings. The Morgan fingerprint density at radius 3 is 2.43 bits per heavy atom. The predicted molar refractivity (Wildman–Crippen MR) is 87.4 cm³/mol. The first kappa shape index (κ1) is 17.0. The van der Waals surface area contributed by atoms with Gasteiger partial charge in [0, 0.05) is 13.1 Å². The smallest absolute Gasteiger partial charge is 0.239 e. The number of aliphatic imine (C=N–C) groups is 1. The molecule has 0 bridgehead atoms. The highest BCUT2D eigenvalue weighted by Gasteiger charge is 2.03. The molecule has 0 spiro atoms. The van der Waals surface area contributed by atoms with Gasteiger partial charge in [0.25, 0.3) is 0 Å². The molecule has 5 nitrogen and oxygen atoms in total. The van der Waals surface area contributed by atoms with Crippen LogP contribution in [-0.4, -0.2) is 31.5 Å². The fourth-order valence-electron chi connectivity index (χ4n) is 1.95. The fraction of sp³-hybridized carbons (Fsp3) is 0.500. The Labute approximate surface area is 127 Å². The largest absolute Gasteiger partial charge is 0.357 e. The zero-order valence-electron chi connectivity index (χ0n) is 13.4. The van der Waals surface area contributed by atoms with Crippen molar-refractivity contribution in [1.29, 1.82) is 0 Å². The Kier molecular flexibility index (Phi) is 7.29. The van der Waals surface area contributed by atoms with E-state index < -0.39 is 0 Å². The zero-order valence-corrected chi connectivity index (χ0v) is 13.4. The summed E-state index contributed by atoms with van der Waals surface area (Å²) in [6, 6.07) is 6.34. The third-order valence-electron chi connectivity index (χ3n) is 3.04. The summed E-state index contributed by atoms with van der Waals surface area (Å²) < 4.78 is 0. The van der Waals surface area contributed by atoms with Crippen molar-refractivity contribution in [2.24, 2.45) is 4.99 Å². The first-order valence-electron chi connectivity index (χ1n) is 7.41. The first-order chi connectivity index (χ1) is 10.1. The summed E-state index contributed by atoms with van der Waals surface area (Å²) in [4.78, 5) is 16.0. The van der Waals surface area contributed by atoms with Gasteiger partial charge in [-0.1, -0.05) is 23.8 Å². The van der Waals surface area contributed by atoms with Gasteiger partial charge < -0.3 is 16.0 Å². The standard InChI is InChI=1S/C16H26N4O/c1-5-17-15(21)11-20-16(18-6-2)19-10-14-8-7-12(3)9-13(14)4/h7-9H,5-6,10-11H2,1-4H3,(H,17,21)(H2,18,19,20). The number of benzene rings is 1. The molecule has 1 aromatic rings. The van der Waals surface area contributed by atoms with Gasteiger partial charge in [0.1, 0.15) is 0 Å². The van der Waals surface area contributed by atoms with Gasteiger partial charge in [-0.3, -0.25) is 4.79 Å². The minimum atomic E-state index is -0.0328. The third kappa shape index (κ3) is 6.29. The predicted octanol–water partition coefficient (Wildman–Crippen LogP) is 1.49. The van der Waals surface area contributed by atoms with Crippen LogP contribution in [0, 0.1) is 13.8 Å². The van der Waals surface area contributed by atoms with Crippen LogP contribution in [0.2, 0.25) is 0 Å². The average Bonchev–Trinajstić information content (AvgIpc) is 2.44. The summed E-state index contributed by atoms with van der Waals surface area (Å²) in [6.45, 7) is 10.3. The maximum atomic E-state index is 11.5. The molecule has 0 heterocycles. The van der Waals surface area contributed by atoms with Crippen molar-refractivity contribution in [3.63, 3.8) is 0 Å². The van der Waals surface area contributed by atoms with Crippen LogP contribution in [0.15, 0.2) is 23.2 Å². The Morgan fingerprint density at radius 1 is 1.10 bits per heavy atom. The molecule has 116 valence electrons. The second kappa shape index (κ2) is 9.00. The summed E-state index contributed by atoms with van der Waals surface area (Å²) in [7, 11) is 0. The number of rotatable bonds is 6. The molecule has 1 amide bonds. The summed E-state index contributed by atoms with van der Waals surface area (Å²) in [5, 5.41) is 8.92. The van der Waals surface area contributed by atoms with Gasteiger partial charge in [-0.05, 0) is 38.8 Å². The van der Waals surface area contributed by atoms with Gasteiger partial charge in [-0.15, -0.1) is 0 Å². The van der Waals surface area contributed by atoms with Crippen molar-refractivity contribution in [3.05, 3.63) is 34.9 Å². The van der Waals surface area contributed by atoms with Gasteiger partial charge in [0.15, 0.2) is 5.96 Å². The van der Waals surface area contributed by atoms with E-state index in [4.69, 9.17) is 0 Å². The second-order valence-corrected chi connectivity index (χ2v) is 4.93. The number of carbonyl (C=O) groups excluding carboxylic acids is 1. The van der Waals surface area contributed by atoms with Crippen LogP contribution in [-0.2, 0) is 11.3 Å². The Bertz CT molecular complexity index is 497. The molecule has 0 saturated heterocycles. The molecular formula is C16H26N4O. The average molecular weight is 290 g/mol. The van der Waals surface area contributed by atoms with Gasteiger partial charge in [-0.25, -0.2) is 4.99 Å². The molecule has 0 aromatic heterocycles. The molecule has 0 aliphatic heterocycles. The van der Waals surface area contributed by atoms with E-state index in [0.717, 1.165) is 6.54 Å². The highest BCUT2D eigenvalue weighted by molar-refractivity contribution is 5.86. The lowest BCUT2D eigenvalue weighted by Crippen LogP contribution is -2.43. The SMILES string of the molecule is CCNC(=O)CNC(=NCc1ccc(C)cc1C)NCC. The van der Waals surface area contributed by atoms with Gasteiger partial charge >= 0.3 is 0 Å². The highest BCUT2D eigenvalue weighted by atomic mass is 16.1. The van der Waals surface area contributed by atoms with E-state index in [9.17, 15) is 4.79 Å². The lowest BCUT2D eigenvalue weighted by molar-refractivity contribution is -0.119. The van der Waals surface area contributed by atoms with Crippen molar-refractivity contribution in [1.82, 2.24) is 16.0 Å². The van der Waals surface area contributed by atoms with Crippen molar-refractivity contribution in [2.75, 3.05) is 19.6 Å². The van der Waals surface area contributed by atoms with Crippen LogP contribution in [0.4, 0.5) is 0 Å². The maximum absolute atomic E-state index is 11.5. The van der Waals surface area contributed by atoms with E-state index in [1.165, 1.54) is 16.7 Å². The molecule has 1 aromatic carbocycles. The van der Waals surface area contributed by atoms with Crippen LogP contribution in [0.1, 0.15) is 30.5 Å². The highest BCUT2D eigenvalue weighted by Crippen LogP contribution is 2.11. The molecule has 21 heavy (non-hydrogen) atoms. The first-order valence-corrected chi connectivity index (χ1v) is 7.41. The molecule has 3 N–H and O–H groups in total. The molecule has 0 saturated carbocycles. The number of aryl methyl sites for hydroxylation is 2. The van der Waals surface area contributed by atoms with Crippen LogP contribution < -0.4 is 16.0 Å². The number of guanidine groups is 1. The molecular weight excluding hydrogens is 264 g/mol. The van der Waals surface area contributed by atoms with E-state index >= 15 is 0 Å². The van der Waals surface area contributed by atoms with Crippen LogP contribution in [0.5, 0.6) is 0 Å². The number of nitrogens with one attached hydrogen (secondary N) is 3. The lowest BCUT2D eigenvalue weighted by Gasteiger charge is -2.11. The molecule has 5 heteroatoms. The minimum absolute atomic E-state index is 0.0328. The van der Waals surface area contributed by atoms with Crippen molar-refractivity contribution >= 4 is 11.9 Å². The van der Waals surface area contributed by atoms with Crippen LogP contribution >= 0.6 is 0 Å². The van der Waals surface area contributed by atoms with E-state index in [2.05, 4.69) is 53.0 Å². The normalized spacial score (nSPS) is 11.1. The zero-order chi connectivity index (χ0) is 15.7. The number of nitrogens with zero attached hydrogens (tertiary/aromatic N) is 1. The van der Waals surface area contributed by atoms with Gasteiger partial charge in [0.2, 0.25) is 5.91 Å². The second-order valence-electron chi connectivity index (χ2n) is 4.93. The molecule has 1 rings (SSSR count). The molecule has 0 radical (unpaired) electrons. The molecule has 0 aliphatic rings. The number of hydrogen-bond donors (Lipinski definition) is 3. The van der Waals surface area contributed by atoms with E-state index in [1.807, 2.05) is 13.8 Å². The quantitative estimate of drug-likeness (QED) is 0.549. The summed E-state index contributed by atoms with van der Waals surface area (Å²) >= 11 is 0. The number of hydrogen-bond acceptors (Lipinski definition) is 2. The minimum Gasteiger partial charge on any atom is -0.357 e. The lowest BCUT2D eigenvalue weighted by atomic mass is 10.1. The third-order valence-corrected chi connectivity index (χ3v) is 3.04. The Balaban J connectivity index is 2.64. The fourth-order valence-corrected chi connectivity index (χ4v) is 1.95. The molecule has 0 aliphatic carbocycles. The molecule has 0 atom stereocenters. The monoisotopic (exact) mass is 290 g/mol. The van der Waals surface area contributed by atoms with Crippen molar-refractivity contribution < 1.29 is 4.79 Å².